The van der Waals surface area contributed by atoms with E-state index in [1.54, 1.807) is 19.1 Å². The van der Waals surface area contributed by atoms with Crippen molar-refractivity contribution in [3.8, 4) is 0 Å². The number of benzene rings is 1. The number of nitrogens with zero attached hydrogens (tertiary/aromatic N) is 4. The van der Waals surface area contributed by atoms with Crippen LogP contribution >= 0.6 is 24.0 Å². The van der Waals surface area contributed by atoms with Gasteiger partial charge in [-0.25, -0.2) is 4.99 Å². The van der Waals surface area contributed by atoms with E-state index < -0.39 is 4.92 Å². The molecule has 0 spiro atoms. The standard InChI is InChI=1S/C17H25N5O3.HI/c1-3-8-18-17(21-11-9-20(10-12-21)14(2)23)19-13-15-4-6-16(7-5-15)22(24)25;/h4-7H,3,8-13H2,1-2H3,(H,18,19);1H. The molecule has 1 aromatic carbocycles. The van der Waals surface area contributed by atoms with Crippen molar-refractivity contribution in [3.63, 3.8) is 0 Å². The number of piperazine rings is 1. The molecule has 2 rings (SSSR count). The van der Waals surface area contributed by atoms with E-state index in [1.165, 1.54) is 12.1 Å². The first kappa shape index (κ1) is 22.1. The Morgan fingerprint density at radius 1 is 1.19 bits per heavy atom. The molecule has 26 heavy (non-hydrogen) atoms. The molecule has 1 aliphatic heterocycles. The molecule has 1 saturated heterocycles. The summed E-state index contributed by atoms with van der Waals surface area (Å²) in [4.78, 5) is 30.4. The molecule has 1 heterocycles. The van der Waals surface area contributed by atoms with Crippen LogP contribution in [0.25, 0.3) is 0 Å². The number of non-ortho nitro benzene ring substituents is 1. The monoisotopic (exact) mass is 475 g/mol. The molecule has 1 aromatic rings. The molecule has 0 radical (unpaired) electrons. The van der Waals surface area contributed by atoms with Gasteiger partial charge in [-0.1, -0.05) is 19.1 Å². The molecule has 1 amide bonds. The predicted octanol–water partition coefficient (Wildman–Crippen LogP) is 2.23. The molecular weight excluding hydrogens is 449 g/mol. The summed E-state index contributed by atoms with van der Waals surface area (Å²) in [5.74, 6) is 0.925. The van der Waals surface area contributed by atoms with Gasteiger partial charge in [0, 0.05) is 51.8 Å². The normalized spacial score (nSPS) is 14.6. The maximum Gasteiger partial charge on any atom is 0.269 e. The van der Waals surface area contributed by atoms with Crippen LogP contribution in [0.3, 0.4) is 0 Å². The van der Waals surface area contributed by atoms with Crippen LogP contribution in [0.5, 0.6) is 0 Å². The van der Waals surface area contributed by atoms with Crippen LogP contribution in [0, 0.1) is 10.1 Å². The fourth-order valence-corrected chi connectivity index (χ4v) is 2.63. The summed E-state index contributed by atoms with van der Waals surface area (Å²) in [6.45, 7) is 7.84. The van der Waals surface area contributed by atoms with E-state index >= 15 is 0 Å². The number of hydrogen-bond donors (Lipinski definition) is 1. The number of nitrogens with one attached hydrogen (secondary N) is 1. The molecule has 0 aliphatic carbocycles. The maximum atomic E-state index is 11.4. The van der Waals surface area contributed by atoms with Crippen LogP contribution in [0.4, 0.5) is 5.69 Å². The number of aliphatic imine (C=N–C) groups is 1. The Morgan fingerprint density at radius 3 is 2.27 bits per heavy atom. The number of nitro groups is 1. The quantitative estimate of drug-likeness (QED) is 0.232. The van der Waals surface area contributed by atoms with Crippen LogP contribution < -0.4 is 5.32 Å². The molecule has 1 fully saturated rings. The Hall–Kier alpha value is -1.91. The zero-order valence-corrected chi connectivity index (χ0v) is 17.5. The second-order valence-corrected chi connectivity index (χ2v) is 5.98. The first-order valence-electron chi connectivity index (χ1n) is 8.53. The first-order valence-corrected chi connectivity index (χ1v) is 8.53. The summed E-state index contributed by atoms with van der Waals surface area (Å²) in [6.07, 6.45) is 0.990. The van der Waals surface area contributed by atoms with E-state index in [0.29, 0.717) is 19.6 Å². The number of guanidine groups is 1. The lowest BCUT2D eigenvalue weighted by Gasteiger charge is -2.36. The fraction of sp³-hybridized carbons (Fsp3) is 0.529. The third-order valence-corrected chi connectivity index (χ3v) is 4.12. The van der Waals surface area contributed by atoms with Crippen LogP contribution in [-0.4, -0.2) is 59.3 Å². The molecular formula is C17H26IN5O3. The lowest BCUT2D eigenvalue weighted by Crippen LogP contribution is -2.53. The number of nitro benzene ring substituents is 1. The third kappa shape index (κ3) is 6.43. The van der Waals surface area contributed by atoms with Gasteiger partial charge >= 0.3 is 0 Å². The van der Waals surface area contributed by atoms with Crippen LogP contribution in [0.15, 0.2) is 29.3 Å². The van der Waals surface area contributed by atoms with Crippen molar-refractivity contribution in [2.24, 2.45) is 4.99 Å². The van der Waals surface area contributed by atoms with Crippen molar-refractivity contribution in [1.82, 2.24) is 15.1 Å². The Kier molecular flexibility index (Phi) is 9.31. The fourth-order valence-electron chi connectivity index (χ4n) is 2.63. The summed E-state index contributed by atoms with van der Waals surface area (Å²) in [5.41, 5.74) is 1.00. The minimum absolute atomic E-state index is 0. The predicted molar refractivity (Wildman–Crippen MR) is 112 cm³/mol. The minimum Gasteiger partial charge on any atom is -0.356 e. The van der Waals surface area contributed by atoms with Gasteiger partial charge in [-0.2, -0.15) is 0 Å². The van der Waals surface area contributed by atoms with Crippen molar-refractivity contribution in [3.05, 3.63) is 39.9 Å². The topological polar surface area (TPSA) is 91.1 Å². The molecule has 1 aliphatic rings. The SMILES string of the molecule is CCCNC(=NCc1ccc([N+](=O)[O-])cc1)N1CCN(C(C)=O)CC1.I. The number of hydrogen-bond acceptors (Lipinski definition) is 4. The molecule has 0 aromatic heterocycles. The van der Waals surface area contributed by atoms with Crippen LogP contribution in [0.1, 0.15) is 25.8 Å². The Morgan fingerprint density at radius 2 is 1.77 bits per heavy atom. The summed E-state index contributed by atoms with van der Waals surface area (Å²) in [6, 6.07) is 6.45. The van der Waals surface area contributed by atoms with Crippen LogP contribution in [0.2, 0.25) is 0 Å². The number of halogens is 1. The van der Waals surface area contributed by atoms with Crippen molar-refractivity contribution >= 4 is 41.5 Å². The highest BCUT2D eigenvalue weighted by Gasteiger charge is 2.20. The van der Waals surface area contributed by atoms with Crippen molar-refractivity contribution in [2.45, 2.75) is 26.8 Å². The largest absolute Gasteiger partial charge is 0.356 e. The van der Waals surface area contributed by atoms with Gasteiger partial charge < -0.3 is 15.1 Å². The molecule has 8 nitrogen and oxygen atoms in total. The van der Waals surface area contributed by atoms with E-state index in [9.17, 15) is 14.9 Å². The van der Waals surface area contributed by atoms with E-state index in [4.69, 9.17) is 0 Å². The third-order valence-electron chi connectivity index (χ3n) is 4.12. The van der Waals surface area contributed by atoms with E-state index in [-0.39, 0.29) is 35.6 Å². The van der Waals surface area contributed by atoms with Crippen molar-refractivity contribution < 1.29 is 9.72 Å². The summed E-state index contributed by atoms with van der Waals surface area (Å²) < 4.78 is 0. The highest BCUT2D eigenvalue weighted by atomic mass is 127. The summed E-state index contributed by atoms with van der Waals surface area (Å²) in [5, 5.41) is 14.1. The Labute approximate surface area is 170 Å². The number of amides is 1. The average Bonchev–Trinajstić information content (AvgIpc) is 2.62. The highest BCUT2D eigenvalue weighted by molar-refractivity contribution is 14.0. The summed E-state index contributed by atoms with van der Waals surface area (Å²) in [7, 11) is 0. The molecule has 1 N–H and O–H groups in total. The molecule has 0 atom stereocenters. The molecule has 0 unspecified atom stereocenters. The molecule has 0 saturated carbocycles. The Bertz CT molecular complexity index is 628. The molecule has 0 bridgehead atoms. The average molecular weight is 475 g/mol. The molecule has 9 heteroatoms. The van der Waals surface area contributed by atoms with Crippen molar-refractivity contribution in [1.29, 1.82) is 0 Å². The van der Waals surface area contributed by atoms with Gasteiger partial charge in [0.25, 0.3) is 5.69 Å². The Balaban J connectivity index is 0.00000338. The summed E-state index contributed by atoms with van der Waals surface area (Å²) >= 11 is 0. The second-order valence-electron chi connectivity index (χ2n) is 5.98. The van der Waals surface area contributed by atoms with Gasteiger partial charge in [-0.3, -0.25) is 14.9 Å². The van der Waals surface area contributed by atoms with Crippen LogP contribution in [-0.2, 0) is 11.3 Å². The van der Waals surface area contributed by atoms with E-state index in [2.05, 4.69) is 22.1 Å². The molecule has 144 valence electrons. The van der Waals surface area contributed by atoms with Gasteiger partial charge in [-0.15, -0.1) is 24.0 Å². The highest BCUT2D eigenvalue weighted by Crippen LogP contribution is 2.13. The van der Waals surface area contributed by atoms with Crippen molar-refractivity contribution in [2.75, 3.05) is 32.7 Å². The lowest BCUT2D eigenvalue weighted by atomic mass is 10.2. The van der Waals surface area contributed by atoms with Gasteiger partial charge in [0.15, 0.2) is 5.96 Å². The lowest BCUT2D eigenvalue weighted by molar-refractivity contribution is -0.384. The number of carbonyl (C=O) groups is 1. The maximum absolute atomic E-state index is 11.4. The van der Waals surface area contributed by atoms with Gasteiger partial charge in [0.1, 0.15) is 0 Å². The zero-order chi connectivity index (χ0) is 18.2. The second kappa shape index (κ2) is 10.9. The van der Waals surface area contributed by atoms with Gasteiger partial charge in [0.05, 0.1) is 11.5 Å². The van der Waals surface area contributed by atoms with E-state index in [1.807, 2.05) is 4.90 Å². The van der Waals surface area contributed by atoms with Gasteiger partial charge in [0.2, 0.25) is 5.91 Å². The van der Waals surface area contributed by atoms with E-state index in [0.717, 1.165) is 37.6 Å². The minimum atomic E-state index is -0.407. The first-order chi connectivity index (χ1) is 12.0. The zero-order valence-electron chi connectivity index (χ0n) is 15.2. The smallest absolute Gasteiger partial charge is 0.269 e. The number of carbonyl (C=O) groups excluding carboxylic acids is 1. The van der Waals surface area contributed by atoms with Gasteiger partial charge in [-0.05, 0) is 12.0 Å². The number of rotatable bonds is 5.